The fourth-order valence-electron chi connectivity index (χ4n) is 3.36. The molecule has 5 nitrogen and oxygen atoms in total. The van der Waals surface area contributed by atoms with Gasteiger partial charge in [0.1, 0.15) is 17.4 Å². The Balaban J connectivity index is 1.32. The molecule has 7 heteroatoms. The van der Waals surface area contributed by atoms with Gasteiger partial charge in [-0.2, -0.15) is 0 Å². The van der Waals surface area contributed by atoms with Gasteiger partial charge in [0.2, 0.25) is 0 Å². The monoisotopic (exact) mass is 387 g/mol. The fourth-order valence-corrected chi connectivity index (χ4v) is 3.49. The van der Waals surface area contributed by atoms with Crippen LogP contribution < -0.4 is 4.74 Å². The summed E-state index contributed by atoms with van der Waals surface area (Å²) >= 11 is 5.84. The van der Waals surface area contributed by atoms with E-state index in [1.54, 1.807) is 30.3 Å². The van der Waals surface area contributed by atoms with Crippen molar-refractivity contribution in [3.8, 4) is 5.75 Å². The number of nitrogens with one attached hydrogen (secondary N) is 1. The molecule has 27 heavy (non-hydrogen) atoms. The van der Waals surface area contributed by atoms with Crippen LogP contribution >= 0.6 is 11.6 Å². The highest BCUT2D eigenvalue weighted by Crippen LogP contribution is 2.28. The van der Waals surface area contributed by atoms with E-state index in [2.05, 4.69) is 9.97 Å². The van der Waals surface area contributed by atoms with E-state index in [-0.39, 0.29) is 24.2 Å². The largest absolute Gasteiger partial charge is 0.484 e. The summed E-state index contributed by atoms with van der Waals surface area (Å²) in [5.74, 6) is 1.41. The maximum atomic E-state index is 13.3. The van der Waals surface area contributed by atoms with Crippen LogP contribution in [0.25, 0.3) is 11.0 Å². The molecule has 1 amide bonds. The molecule has 4 rings (SSSR count). The molecule has 0 aliphatic carbocycles. The fraction of sp³-hybridized carbons (Fsp3) is 0.300. The summed E-state index contributed by atoms with van der Waals surface area (Å²) in [6.07, 6.45) is 1.63. The Morgan fingerprint density at radius 2 is 1.96 bits per heavy atom. The second-order valence-corrected chi connectivity index (χ2v) is 7.12. The second-order valence-electron chi connectivity index (χ2n) is 6.68. The number of rotatable bonds is 4. The lowest BCUT2D eigenvalue weighted by Gasteiger charge is -2.31. The molecule has 1 N–H and O–H groups in total. The number of aromatic nitrogens is 2. The first-order valence-electron chi connectivity index (χ1n) is 8.90. The highest BCUT2D eigenvalue weighted by molar-refractivity contribution is 6.30. The molecule has 140 valence electrons. The van der Waals surface area contributed by atoms with Crippen LogP contribution in [0.15, 0.2) is 42.5 Å². The second kappa shape index (κ2) is 7.56. The minimum atomic E-state index is -0.279. The summed E-state index contributed by atoms with van der Waals surface area (Å²) in [6.45, 7) is 1.31. The maximum absolute atomic E-state index is 13.3. The highest BCUT2D eigenvalue weighted by Gasteiger charge is 2.26. The van der Waals surface area contributed by atoms with Crippen molar-refractivity contribution in [1.82, 2.24) is 14.9 Å². The molecule has 0 bridgehead atoms. The van der Waals surface area contributed by atoms with E-state index >= 15 is 0 Å². The van der Waals surface area contributed by atoms with Gasteiger partial charge in [0.15, 0.2) is 6.61 Å². The number of hydrogen-bond donors (Lipinski definition) is 1. The lowest BCUT2D eigenvalue weighted by atomic mass is 9.96. The zero-order chi connectivity index (χ0) is 18.8. The lowest BCUT2D eigenvalue weighted by molar-refractivity contribution is -0.134. The Kier molecular flexibility index (Phi) is 4.99. The molecule has 0 saturated carbocycles. The highest BCUT2D eigenvalue weighted by atomic mass is 35.5. The van der Waals surface area contributed by atoms with Crippen molar-refractivity contribution in [2.24, 2.45) is 0 Å². The Morgan fingerprint density at radius 3 is 2.70 bits per heavy atom. The molecule has 1 aliphatic rings. The molecule has 1 fully saturated rings. The number of hydrogen-bond acceptors (Lipinski definition) is 3. The van der Waals surface area contributed by atoms with Gasteiger partial charge in [0, 0.05) is 24.0 Å². The van der Waals surface area contributed by atoms with Crippen molar-refractivity contribution in [1.29, 1.82) is 0 Å². The molecule has 0 spiro atoms. The summed E-state index contributed by atoms with van der Waals surface area (Å²) in [5.41, 5.74) is 1.47. The average Bonchev–Trinajstić information content (AvgIpc) is 3.10. The number of benzene rings is 2. The van der Waals surface area contributed by atoms with Crippen LogP contribution in [0.3, 0.4) is 0 Å². The van der Waals surface area contributed by atoms with Gasteiger partial charge in [0.05, 0.1) is 11.0 Å². The van der Waals surface area contributed by atoms with Crippen LogP contribution in [-0.2, 0) is 4.79 Å². The first kappa shape index (κ1) is 17.8. The number of amides is 1. The third kappa shape index (κ3) is 4.06. The van der Waals surface area contributed by atoms with E-state index in [0.29, 0.717) is 29.4 Å². The average molecular weight is 388 g/mol. The van der Waals surface area contributed by atoms with Gasteiger partial charge in [-0.3, -0.25) is 4.79 Å². The van der Waals surface area contributed by atoms with Crippen molar-refractivity contribution in [2.75, 3.05) is 19.7 Å². The molecule has 2 aromatic carbocycles. The van der Waals surface area contributed by atoms with Crippen molar-refractivity contribution in [3.05, 3.63) is 59.1 Å². The van der Waals surface area contributed by atoms with E-state index in [9.17, 15) is 9.18 Å². The van der Waals surface area contributed by atoms with Crippen molar-refractivity contribution < 1.29 is 13.9 Å². The zero-order valence-electron chi connectivity index (χ0n) is 14.6. The Bertz CT molecular complexity index is 950. The van der Waals surface area contributed by atoms with E-state index < -0.39 is 0 Å². The van der Waals surface area contributed by atoms with Crippen LogP contribution in [0.5, 0.6) is 5.75 Å². The number of H-pyrrole nitrogens is 1. The van der Waals surface area contributed by atoms with E-state index in [1.807, 2.05) is 4.90 Å². The summed E-state index contributed by atoms with van der Waals surface area (Å²) in [7, 11) is 0. The smallest absolute Gasteiger partial charge is 0.260 e. The van der Waals surface area contributed by atoms with E-state index in [0.717, 1.165) is 24.2 Å². The SMILES string of the molecule is O=C(COc1ccc(Cl)cc1)N1CCC(c2nc3ccc(F)cc3[nH]2)CC1. The Labute approximate surface area is 161 Å². The number of aromatic amines is 1. The first-order chi connectivity index (χ1) is 13.1. The standard InChI is InChI=1S/C20H19ClFN3O2/c21-14-1-4-16(5-2-14)27-12-19(26)25-9-7-13(8-10-25)20-23-17-6-3-15(22)11-18(17)24-20/h1-6,11,13H,7-10,12H2,(H,23,24). The topological polar surface area (TPSA) is 58.2 Å². The number of fused-ring (bicyclic) bond motifs is 1. The van der Waals surface area contributed by atoms with Crippen molar-refractivity contribution >= 4 is 28.5 Å². The van der Waals surface area contributed by atoms with Crippen LogP contribution in [-0.4, -0.2) is 40.5 Å². The molecule has 0 radical (unpaired) electrons. The van der Waals surface area contributed by atoms with Gasteiger partial charge in [-0.25, -0.2) is 9.37 Å². The van der Waals surface area contributed by atoms with Crippen molar-refractivity contribution in [2.45, 2.75) is 18.8 Å². The van der Waals surface area contributed by atoms with Gasteiger partial charge in [-0.05, 0) is 55.3 Å². The van der Waals surface area contributed by atoms with E-state index in [4.69, 9.17) is 16.3 Å². The minimum absolute atomic E-state index is 0.0101. The summed E-state index contributed by atoms with van der Waals surface area (Å²) in [5, 5.41) is 0.629. The molecule has 2 heterocycles. The van der Waals surface area contributed by atoms with Gasteiger partial charge in [-0.1, -0.05) is 11.6 Å². The number of piperidine rings is 1. The number of carbonyl (C=O) groups is 1. The summed E-state index contributed by atoms with van der Waals surface area (Å²) < 4.78 is 18.9. The van der Waals surface area contributed by atoms with Gasteiger partial charge < -0.3 is 14.6 Å². The number of likely N-dealkylation sites (tertiary alicyclic amines) is 1. The zero-order valence-corrected chi connectivity index (χ0v) is 15.4. The normalized spacial score (nSPS) is 15.3. The minimum Gasteiger partial charge on any atom is -0.484 e. The predicted octanol–water partition coefficient (Wildman–Crippen LogP) is 4.14. The lowest BCUT2D eigenvalue weighted by Crippen LogP contribution is -2.40. The van der Waals surface area contributed by atoms with E-state index in [1.165, 1.54) is 12.1 Å². The quantitative estimate of drug-likeness (QED) is 0.732. The van der Waals surface area contributed by atoms with Crippen molar-refractivity contribution in [3.63, 3.8) is 0 Å². The molecule has 1 aromatic heterocycles. The number of carbonyl (C=O) groups excluding carboxylic acids is 1. The van der Waals surface area contributed by atoms with Gasteiger partial charge in [-0.15, -0.1) is 0 Å². The molecule has 0 unspecified atom stereocenters. The maximum Gasteiger partial charge on any atom is 0.260 e. The van der Waals surface area contributed by atoms with Crippen LogP contribution in [0.2, 0.25) is 5.02 Å². The van der Waals surface area contributed by atoms with Crippen LogP contribution in [0, 0.1) is 5.82 Å². The van der Waals surface area contributed by atoms with Crippen LogP contribution in [0.1, 0.15) is 24.6 Å². The van der Waals surface area contributed by atoms with Gasteiger partial charge in [0.25, 0.3) is 5.91 Å². The number of halogens is 2. The van der Waals surface area contributed by atoms with Crippen LogP contribution in [0.4, 0.5) is 4.39 Å². The molecule has 3 aromatic rings. The first-order valence-corrected chi connectivity index (χ1v) is 9.27. The molecular formula is C20H19ClFN3O2. The molecule has 0 atom stereocenters. The number of ether oxygens (including phenoxy) is 1. The summed E-state index contributed by atoms with van der Waals surface area (Å²) in [6, 6.07) is 11.5. The van der Waals surface area contributed by atoms with Gasteiger partial charge >= 0.3 is 0 Å². The molecular weight excluding hydrogens is 369 g/mol. The number of nitrogens with zero attached hydrogens (tertiary/aromatic N) is 2. The molecule has 1 aliphatic heterocycles. The third-order valence-electron chi connectivity index (χ3n) is 4.87. The Hall–Kier alpha value is -2.60. The molecule has 1 saturated heterocycles. The predicted molar refractivity (Wildman–Crippen MR) is 102 cm³/mol. The number of imidazole rings is 1. The summed E-state index contributed by atoms with van der Waals surface area (Å²) in [4.78, 5) is 22.0. The third-order valence-corrected chi connectivity index (χ3v) is 5.12. The Morgan fingerprint density at radius 1 is 1.22 bits per heavy atom.